The van der Waals surface area contributed by atoms with Crippen LogP contribution in [0.4, 0.5) is 4.39 Å². The smallest absolute Gasteiger partial charge is 0.162 e. The van der Waals surface area contributed by atoms with E-state index in [1.807, 2.05) is 18.2 Å². The maximum absolute atomic E-state index is 14.5. The molecule has 0 saturated heterocycles. The van der Waals surface area contributed by atoms with Gasteiger partial charge in [0, 0.05) is 18.0 Å². The van der Waals surface area contributed by atoms with Gasteiger partial charge in [-0.3, -0.25) is 0 Å². The molecule has 0 aliphatic carbocycles. The Bertz CT molecular complexity index is 936. The Hall–Kier alpha value is -3.05. The van der Waals surface area contributed by atoms with Crippen LogP contribution >= 0.6 is 0 Å². The van der Waals surface area contributed by atoms with Crippen molar-refractivity contribution in [2.75, 3.05) is 0 Å². The fourth-order valence-corrected chi connectivity index (χ4v) is 2.84. The van der Waals surface area contributed by atoms with Crippen LogP contribution < -0.4 is 0 Å². The van der Waals surface area contributed by atoms with Crippen molar-refractivity contribution in [2.45, 2.75) is 32.3 Å². The number of rotatable bonds is 7. The fourth-order valence-electron chi connectivity index (χ4n) is 2.84. The summed E-state index contributed by atoms with van der Waals surface area (Å²) < 4.78 is 14.5. The van der Waals surface area contributed by atoms with Crippen LogP contribution in [0.15, 0.2) is 60.9 Å². The van der Waals surface area contributed by atoms with E-state index in [4.69, 9.17) is 0 Å². The van der Waals surface area contributed by atoms with E-state index in [9.17, 15) is 14.6 Å². The first-order valence-corrected chi connectivity index (χ1v) is 9.29. The van der Waals surface area contributed by atoms with Crippen molar-refractivity contribution in [2.24, 2.45) is 0 Å². The largest absolute Gasteiger partial charge is 0.508 e. The molecular formula is C23H23FN2O2. The lowest BCUT2D eigenvalue weighted by molar-refractivity contribution is 0.182. The zero-order chi connectivity index (χ0) is 19.9. The van der Waals surface area contributed by atoms with E-state index < -0.39 is 0 Å². The lowest BCUT2D eigenvalue weighted by Gasteiger charge is -2.05. The third kappa shape index (κ3) is 5.24. The number of aliphatic hydroxyl groups is 1. The molecule has 5 heteroatoms. The van der Waals surface area contributed by atoms with Gasteiger partial charge in [-0.15, -0.1) is 0 Å². The number of unbranched alkanes of at least 4 members (excludes halogenated alkanes) is 1. The van der Waals surface area contributed by atoms with Gasteiger partial charge in [0.05, 0.1) is 11.7 Å². The maximum atomic E-state index is 14.5. The number of aromatic nitrogens is 2. The van der Waals surface area contributed by atoms with Gasteiger partial charge >= 0.3 is 0 Å². The van der Waals surface area contributed by atoms with Crippen LogP contribution in [0, 0.1) is 5.82 Å². The Morgan fingerprint density at radius 2 is 1.75 bits per heavy atom. The van der Waals surface area contributed by atoms with Gasteiger partial charge in [0.1, 0.15) is 11.6 Å². The van der Waals surface area contributed by atoms with E-state index in [1.54, 1.807) is 49.6 Å². The van der Waals surface area contributed by atoms with Crippen molar-refractivity contribution in [1.29, 1.82) is 0 Å². The van der Waals surface area contributed by atoms with Crippen molar-refractivity contribution < 1.29 is 14.6 Å². The van der Waals surface area contributed by atoms with Crippen molar-refractivity contribution in [3.63, 3.8) is 0 Å². The summed E-state index contributed by atoms with van der Waals surface area (Å²) in [7, 11) is 0. The van der Waals surface area contributed by atoms with E-state index >= 15 is 0 Å². The number of nitrogens with zero attached hydrogens (tertiary/aromatic N) is 2. The van der Waals surface area contributed by atoms with E-state index in [0.717, 1.165) is 36.0 Å². The van der Waals surface area contributed by atoms with Crippen molar-refractivity contribution in [3.8, 4) is 28.3 Å². The highest BCUT2D eigenvalue weighted by Crippen LogP contribution is 2.24. The first-order valence-electron chi connectivity index (χ1n) is 9.29. The summed E-state index contributed by atoms with van der Waals surface area (Å²) in [4.78, 5) is 8.57. The molecule has 0 radical (unpaired) electrons. The molecule has 0 fully saturated rings. The number of aromatic hydroxyl groups is 1. The quantitative estimate of drug-likeness (QED) is 0.553. The summed E-state index contributed by atoms with van der Waals surface area (Å²) in [5.74, 6) is 0.149. The van der Waals surface area contributed by atoms with Gasteiger partial charge in [-0.05, 0) is 61.6 Å². The van der Waals surface area contributed by atoms with Crippen molar-refractivity contribution >= 4 is 6.08 Å². The molecular weight excluding hydrogens is 355 g/mol. The topological polar surface area (TPSA) is 66.2 Å². The molecule has 0 aliphatic heterocycles. The number of phenolic OH excluding ortho intramolecular Hbond substituents is 1. The highest BCUT2D eigenvalue weighted by molar-refractivity contribution is 5.65. The first-order chi connectivity index (χ1) is 13.5. The monoisotopic (exact) mass is 378 g/mol. The van der Waals surface area contributed by atoms with E-state index in [1.165, 1.54) is 6.07 Å². The van der Waals surface area contributed by atoms with Gasteiger partial charge in [0.2, 0.25) is 0 Å². The van der Waals surface area contributed by atoms with Crippen LogP contribution in [0.1, 0.15) is 31.7 Å². The maximum Gasteiger partial charge on any atom is 0.162 e. The minimum atomic E-state index is -0.372. The fraction of sp³-hybridized carbons (Fsp3) is 0.217. The second-order valence-electron chi connectivity index (χ2n) is 6.76. The number of halogens is 1. The van der Waals surface area contributed by atoms with Crippen molar-refractivity contribution in [1.82, 2.24) is 9.97 Å². The normalized spacial score (nSPS) is 12.4. The first kappa shape index (κ1) is 19.7. The molecule has 4 nitrogen and oxygen atoms in total. The van der Waals surface area contributed by atoms with Crippen LogP contribution in [-0.4, -0.2) is 26.3 Å². The van der Waals surface area contributed by atoms with Gasteiger partial charge < -0.3 is 10.2 Å². The van der Waals surface area contributed by atoms with Crippen LogP contribution in [0.5, 0.6) is 5.75 Å². The average Bonchev–Trinajstić information content (AvgIpc) is 2.68. The predicted molar refractivity (Wildman–Crippen MR) is 109 cm³/mol. The van der Waals surface area contributed by atoms with Crippen LogP contribution in [0.3, 0.4) is 0 Å². The number of hydrogen-bond acceptors (Lipinski definition) is 4. The lowest BCUT2D eigenvalue weighted by Crippen LogP contribution is -1.97. The molecule has 1 heterocycles. The third-order valence-corrected chi connectivity index (χ3v) is 4.39. The molecule has 28 heavy (non-hydrogen) atoms. The zero-order valence-corrected chi connectivity index (χ0v) is 15.7. The number of phenols is 1. The van der Waals surface area contributed by atoms with Crippen LogP contribution in [0.25, 0.3) is 28.6 Å². The third-order valence-electron chi connectivity index (χ3n) is 4.39. The van der Waals surface area contributed by atoms with Gasteiger partial charge in [0.15, 0.2) is 5.82 Å². The molecule has 2 N–H and O–H groups in total. The zero-order valence-electron chi connectivity index (χ0n) is 15.7. The Balaban J connectivity index is 1.70. The Morgan fingerprint density at radius 3 is 2.39 bits per heavy atom. The highest BCUT2D eigenvalue weighted by atomic mass is 19.1. The summed E-state index contributed by atoms with van der Waals surface area (Å²) in [6.07, 6.45) is 9.37. The summed E-state index contributed by atoms with van der Waals surface area (Å²) in [5, 5.41) is 18.6. The Kier molecular flexibility index (Phi) is 6.50. The molecule has 1 unspecified atom stereocenters. The minimum absolute atomic E-state index is 0.195. The number of aliphatic hydroxyl groups excluding tert-OH is 1. The SMILES string of the molecule is CC(O)CCC/C=C/c1ccc(-c2ncc(-c3ccc(O)cc3)cn2)c(F)c1. The highest BCUT2D eigenvalue weighted by Gasteiger charge is 2.09. The second kappa shape index (κ2) is 9.24. The Morgan fingerprint density at radius 1 is 1.04 bits per heavy atom. The second-order valence-corrected chi connectivity index (χ2v) is 6.76. The molecule has 0 bridgehead atoms. The van der Waals surface area contributed by atoms with Crippen LogP contribution in [-0.2, 0) is 0 Å². The molecule has 3 rings (SSSR count). The van der Waals surface area contributed by atoms with E-state index in [-0.39, 0.29) is 17.7 Å². The lowest BCUT2D eigenvalue weighted by atomic mass is 10.1. The van der Waals surface area contributed by atoms with Crippen molar-refractivity contribution in [3.05, 3.63) is 72.3 Å². The standard InChI is InChI=1S/C23H23FN2O2/c1-16(27)5-3-2-4-6-17-7-12-21(22(24)13-17)23-25-14-19(15-26-23)18-8-10-20(28)11-9-18/h4,6-16,27-28H,2-3,5H2,1H3/b6-4+. The summed E-state index contributed by atoms with van der Waals surface area (Å²) >= 11 is 0. The summed E-state index contributed by atoms with van der Waals surface area (Å²) in [6, 6.07) is 11.7. The molecule has 2 aromatic carbocycles. The number of benzene rings is 2. The van der Waals surface area contributed by atoms with Gasteiger partial charge in [-0.1, -0.05) is 30.4 Å². The summed E-state index contributed by atoms with van der Waals surface area (Å²) in [6.45, 7) is 1.77. The average molecular weight is 378 g/mol. The molecule has 0 amide bonds. The summed E-state index contributed by atoms with van der Waals surface area (Å²) in [5.41, 5.74) is 2.80. The molecule has 1 atom stereocenters. The molecule has 1 aromatic heterocycles. The minimum Gasteiger partial charge on any atom is -0.508 e. The predicted octanol–water partition coefficient (Wildman–Crippen LogP) is 5.22. The van der Waals surface area contributed by atoms with Gasteiger partial charge in [0.25, 0.3) is 0 Å². The molecule has 0 spiro atoms. The van der Waals surface area contributed by atoms with E-state index in [2.05, 4.69) is 9.97 Å². The molecule has 0 saturated carbocycles. The molecule has 0 aliphatic rings. The van der Waals surface area contributed by atoms with Gasteiger partial charge in [-0.2, -0.15) is 0 Å². The number of hydrogen-bond donors (Lipinski definition) is 2. The van der Waals surface area contributed by atoms with E-state index in [0.29, 0.717) is 11.4 Å². The molecule has 3 aromatic rings. The van der Waals surface area contributed by atoms with Gasteiger partial charge in [-0.25, -0.2) is 14.4 Å². The molecule has 144 valence electrons. The number of allylic oxidation sites excluding steroid dienone is 1. The van der Waals surface area contributed by atoms with Crippen LogP contribution in [0.2, 0.25) is 0 Å². The Labute approximate surface area is 164 Å².